The molecule has 1 fully saturated rings. The first kappa shape index (κ1) is 14.9. The smallest absolute Gasteiger partial charge is 0.345 e. The summed E-state index contributed by atoms with van der Waals surface area (Å²) in [6.07, 6.45) is 1.85. The monoisotopic (exact) mass is 318 g/mol. The van der Waals surface area contributed by atoms with Crippen molar-refractivity contribution in [1.29, 1.82) is 0 Å². The van der Waals surface area contributed by atoms with E-state index in [1.54, 1.807) is 0 Å². The Hall–Kier alpha value is -1.45. The molecular weight excluding hydrogens is 304 g/mol. The van der Waals surface area contributed by atoms with Gasteiger partial charge in [-0.1, -0.05) is 0 Å². The van der Waals surface area contributed by atoms with E-state index in [2.05, 4.69) is 5.32 Å². The maximum atomic E-state index is 12.2. The number of hydrogen-bond acceptors (Lipinski definition) is 5. The highest BCUT2D eigenvalue weighted by Crippen LogP contribution is 2.24. The van der Waals surface area contributed by atoms with Crippen LogP contribution >= 0.6 is 11.3 Å². The number of carboxylic acid groups (broad SMARTS) is 1. The fraction of sp³-hybridized carbons (Fsp3) is 0.455. The van der Waals surface area contributed by atoms with Gasteiger partial charge in [-0.25, -0.2) is 13.2 Å². The Morgan fingerprint density at radius 1 is 1.45 bits per heavy atom. The molecule has 0 unspecified atom stereocenters. The van der Waals surface area contributed by atoms with E-state index < -0.39 is 16.0 Å². The van der Waals surface area contributed by atoms with Crippen molar-refractivity contribution >= 4 is 33.2 Å². The number of likely N-dealkylation sites (N-methyl/N-ethyl adjacent to an activating group) is 1. The maximum absolute atomic E-state index is 12.2. The van der Waals surface area contributed by atoms with E-state index >= 15 is 0 Å². The molecule has 0 aliphatic heterocycles. The van der Waals surface area contributed by atoms with Gasteiger partial charge in [-0.2, -0.15) is 4.31 Å². The van der Waals surface area contributed by atoms with Crippen LogP contribution in [0.3, 0.4) is 0 Å². The highest BCUT2D eigenvalue weighted by molar-refractivity contribution is 7.91. The summed E-state index contributed by atoms with van der Waals surface area (Å²) in [5, 5.41) is 11.5. The molecular formula is C11H14N2O5S2. The lowest BCUT2D eigenvalue weighted by Gasteiger charge is -2.15. The third-order valence-corrected chi connectivity index (χ3v) is 6.11. The van der Waals surface area contributed by atoms with Crippen LogP contribution in [0.1, 0.15) is 22.5 Å². The molecule has 1 heterocycles. The van der Waals surface area contributed by atoms with Crippen LogP contribution in [0.4, 0.5) is 0 Å². The van der Waals surface area contributed by atoms with Gasteiger partial charge in [0, 0.05) is 13.1 Å². The average molecular weight is 318 g/mol. The standard InChI is InChI=1S/C11H14N2O5S2/c1-13(6-9(14)12-7-2-3-7)20(17,18)10-5-4-8(19-10)11(15)16/h4-5,7H,2-3,6H2,1H3,(H,12,14)(H,15,16). The summed E-state index contributed by atoms with van der Waals surface area (Å²) in [6, 6.07) is 2.63. The summed E-state index contributed by atoms with van der Waals surface area (Å²) in [5.41, 5.74) is 0. The van der Waals surface area contributed by atoms with E-state index in [-0.39, 0.29) is 27.6 Å². The predicted molar refractivity (Wildman–Crippen MR) is 72.3 cm³/mol. The van der Waals surface area contributed by atoms with Crippen molar-refractivity contribution in [2.24, 2.45) is 0 Å². The fourth-order valence-electron chi connectivity index (χ4n) is 1.52. The third-order valence-electron chi connectivity index (χ3n) is 2.77. The largest absolute Gasteiger partial charge is 0.477 e. The predicted octanol–water partition coefficient (Wildman–Crippen LogP) is 0.345. The lowest BCUT2D eigenvalue weighted by Crippen LogP contribution is -2.38. The molecule has 0 radical (unpaired) electrons. The molecule has 0 aromatic carbocycles. The zero-order valence-corrected chi connectivity index (χ0v) is 12.3. The Labute approximate surface area is 120 Å². The normalized spacial score (nSPS) is 15.3. The Kier molecular flexibility index (Phi) is 4.11. The van der Waals surface area contributed by atoms with Crippen molar-refractivity contribution in [3.05, 3.63) is 17.0 Å². The van der Waals surface area contributed by atoms with E-state index in [1.807, 2.05) is 0 Å². The Morgan fingerprint density at radius 3 is 2.60 bits per heavy atom. The first-order valence-electron chi connectivity index (χ1n) is 5.89. The van der Waals surface area contributed by atoms with E-state index in [1.165, 1.54) is 19.2 Å². The van der Waals surface area contributed by atoms with Gasteiger partial charge >= 0.3 is 5.97 Å². The average Bonchev–Trinajstić information content (AvgIpc) is 3.00. The van der Waals surface area contributed by atoms with Gasteiger partial charge < -0.3 is 10.4 Å². The lowest BCUT2D eigenvalue weighted by molar-refractivity contribution is -0.121. The zero-order chi connectivity index (χ0) is 14.9. The van der Waals surface area contributed by atoms with Gasteiger partial charge in [0.05, 0.1) is 6.54 Å². The molecule has 1 saturated carbocycles. The summed E-state index contributed by atoms with van der Waals surface area (Å²) in [6.45, 7) is -0.279. The van der Waals surface area contributed by atoms with Crippen LogP contribution in [0.25, 0.3) is 0 Å². The minimum Gasteiger partial charge on any atom is -0.477 e. The molecule has 7 nitrogen and oxygen atoms in total. The first-order chi connectivity index (χ1) is 9.30. The van der Waals surface area contributed by atoms with Crippen molar-refractivity contribution in [3.63, 3.8) is 0 Å². The lowest BCUT2D eigenvalue weighted by atomic mass is 10.5. The summed E-state index contributed by atoms with van der Waals surface area (Å²) < 4.78 is 25.2. The van der Waals surface area contributed by atoms with Crippen LogP contribution < -0.4 is 5.32 Å². The molecule has 0 spiro atoms. The molecule has 0 atom stereocenters. The van der Waals surface area contributed by atoms with Gasteiger partial charge in [0.25, 0.3) is 10.0 Å². The second-order valence-corrected chi connectivity index (χ2v) is 7.88. The summed E-state index contributed by atoms with van der Waals surface area (Å²) >= 11 is 0.669. The van der Waals surface area contributed by atoms with Gasteiger partial charge in [-0.05, 0) is 25.0 Å². The molecule has 2 rings (SSSR count). The number of hydrogen-bond donors (Lipinski definition) is 2. The molecule has 20 heavy (non-hydrogen) atoms. The number of carbonyl (C=O) groups is 2. The number of carbonyl (C=O) groups excluding carboxylic acids is 1. The number of sulfonamides is 1. The maximum Gasteiger partial charge on any atom is 0.345 e. The fourth-order valence-corrected chi connectivity index (χ4v) is 4.00. The highest BCUT2D eigenvalue weighted by Gasteiger charge is 2.28. The molecule has 1 aliphatic carbocycles. The van der Waals surface area contributed by atoms with Crippen LogP contribution in [-0.2, 0) is 14.8 Å². The molecule has 1 aromatic heterocycles. The molecule has 0 bridgehead atoms. The number of nitrogens with zero attached hydrogens (tertiary/aromatic N) is 1. The quantitative estimate of drug-likeness (QED) is 0.787. The van der Waals surface area contributed by atoms with Gasteiger partial charge in [0.2, 0.25) is 5.91 Å². The number of nitrogens with one attached hydrogen (secondary N) is 1. The number of thiophene rings is 1. The third kappa shape index (κ3) is 3.35. The first-order valence-corrected chi connectivity index (χ1v) is 8.15. The van der Waals surface area contributed by atoms with Gasteiger partial charge in [-0.15, -0.1) is 11.3 Å². The Bertz CT molecular complexity index is 633. The molecule has 1 aliphatic rings. The SMILES string of the molecule is CN(CC(=O)NC1CC1)S(=O)(=O)c1ccc(C(=O)O)s1. The highest BCUT2D eigenvalue weighted by atomic mass is 32.2. The van der Waals surface area contributed by atoms with Gasteiger partial charge in [-0.3, -0.25) is 4.79 Å². The summed E-state index contributed by atoms with van der Waals surface area (Å²) in [7, 11) is -2.54. The van der Waals surface area contributed by atoms with Crippen LogP contribution in [0.15, 0.2) is 16.3 Å². The topological polar surface area (TPSA) is 104 Å². The van der Waals surface area contributed by atoms with Gasteiger partial charge in [0.1, 0.15) is 9.09 Å². The minimum atomic E-state index is -3.83. The van der Waals surface area contributed by atoms with Crippen molar-refractivity contribution < 1.29 is 23.1 Å². The number of carboxylic acids is 1. The van der Waals surface area contributed by atoms with Crippen LogP contribution in [0.5, 0.6) is 0 Å². The number of rotatable bonds is 6. The molecule has 0 saturated heterocycles. The molecule has 1 amide bonds. The summed E-state index contributed by atoms with van der Waals surface area (Å²) in [4.78, 5) is 22.3. The van der Waals surface area contributed by atoms with Crippen LogP contribution in [0.2, 0.25) is 0 Å². The van der Waals surface area contributed by atoms with Gasteiger partial charge in [0.15, 0.2) is 0 Å². The van der Waals surface area contributed by atoms with E-state index in [9.17, 15) is 18.0 Å². The molecule has 110 valence electrons. The number of aromatic carboxylic acids is 1. The van der Waals surface area contributed by atoms with Crippen molar-refractivity contribution in [3.8, 4) is 0 Å². The minimum absolute atomic E-state index is 0.0561. The van der Waals surface area contributed by atoms with E-state index in [0.717, 1.165) is 17.1 Å². The Morgan fingerprint density at radius 2 is 2.10 bits per heavy atom. The summed E-state index contributed by atoms with van der Waals surface area (Å²) in [5.74, 6) is -1.53. The number of amides is 1. The molecule has 2 N–H and O–H groups in total. The second-order valence-electron chi connectivity index (χ2n) is 4.53. The van der Waals surface area contributed by atoms with Crippen molar-refractivity contribution in [2.45, 2.75) is 23.1 Å². The molecule has 1 aromatic rings. The second kappa shape index (κ2) is 5.51. The zero-order valence-electron chi connectivity index (χ0n) is 10.7. The Balaban J connectivity index is 2.07. The van der Waals surface area contributed by atoms with Crippen LogP contribution in [-0.4, -0.2) is 49.3 Å². The molecule has 9 heteroatoms. The van der Waals surface area contributed by atoms with E-state index in [4.69, 9.17) is 5.11 Å². The van der Waals surface area contributed by atoms with Crippen molar-refractivity contribution in [2.75, 3.05) is 13.6 Å². The van der Waals surface area contributed by atoms with Crippen molar-refractivity contribution in [1.82, 2.24) is 9.62 Å². The van der Waals surface area contributed by atoms with Crippen LogP contribution in [0, 0.1) is 0 Å². The van der Waals surface area contributed by atoms with E-state index in [0.29, 0.717) is 11.3 Å².